The summed E-state index contributed by atoms with van der Waals surface area (Å²) in [5, 5.41) is 0. The Morgan fingerprint density at radius 1 is 1.05 bits per heavy atom. The Labute approximate surface area is 126 Å². The Balaban J connectivity index is 0.00000147. The standard InChI is InChI=1S/C14H22N5.ClH/c1-19(2,3)14-12-13(15-9-16-14)18(10-17-12)11-7-5-4-6-8-11;/h9-11H,4-8H2,1-3H3;1H/q+1;/p-1. The quantitative estimate of drug-likeness (QED) is 0.704. The zero-order chi connectivity index (χ0) is 13.5. The van der Waals surface area contributed by atoms with Crippen molar-refractivity contribution in [1.82, 2.24) is 24.0 Å². The molecule has 1 saturated carbocycles. The average Bonchev–Trinajstić information content (AvgIpc) is 2.82. The van der Waals surface area contributed by atoms with Crippen molar-refractivity contribution in [2.45, 2.75) is 38.1 Å². The zero-order valence-electron chi connectivity index (χ0n) is 12.4. The van der Waals surface area contributed by atoms with E-state index in [0.29, 0.717) is 10.5 Å². The van der Waals surface area contributed by atoms with Gasteiger partial charge in [-0.1, -0.05) is 19.3 Å². The molecule has 0 bridgehead atoms. The van der Waals surface area contributed by atoms with Crippen LogP contribution in [0.3, 0.4) is 0 Å². The summed E-state index contributed by atoms with van der Waals surface area (Å²) >= 11 is 0. The van der Waals surface area contributed by atoms with Gasteiger partial charge in [0.05, 0.1) is 27.5 Å². The van der Waals surface area contributed by atoms with Gasteiger partial charge in [0.2, 0.25) is 0 Å². The van der Waals surface area contributed by atoms with E-state index in [1.165, 1.54) is 32.1 Å². The molecular formula is C14H22ClN5. The first-order valence-corrected chi connectivity index (χ1v) is 7.07. The summed E-state index contributed by atoms with van der Waals surface area (Å²) in [5.41, 5.74) is 1.94. The van der Waals surface area contributed by atoms with Gasteiger partial charge >= 0.3 is 0 Å². The van der Waals surface area contributed by atoms with Crippen molar-refractivity contribution in [3.8, 4) is 0 Å². The molecule has 3 rings (SSSR count). The van der Waals surface area contributed by atoms with Crippen molar-refractivity contribution in [2.24, 2.45) is 0 Å². The van der Waals surface area contributed by atoms with Crippen LogP contribution in [0.1, 0.15) is 38.1 Å². The summed E-state index contributed by atoms with van der Waals surface area (Å²) in [4.78, 5) is 13.5. The van der Waals surface area contributed by atoms with E-state index in [-0.39, 0.29) is 12.4 Å². The van der Waals surface area contributed by atoms with Crippen LogP contribution in [0.4, 0.5) is 5.82 Å². The molecule has 0 unspecified atom stereocenters. The molecule has 0 atom stereocenters. The molecule has 2 aromatic heterocycles. The molecule has 110 valence electrons. The van der Waals surface area contributed by atoms with Gasteiger partial charge < -0.3 is 17.0 Å². The van der Waals surface area contributed by atoms with Crippen LogP contribution in [0.2, 0.25) is 0 Å². The number of aromatic nitrogens is 4. The first-order valence-electron chi connectivity index (χ1n) is 7.07. The molecule has 0 aliphatic heterocycles. The van der Waals surface area contributed by atoms with Crippen LogP contribution in [-0.2, 0) is 0 Å². The van der Waals surface area contributed by atoms with E-state index in [9.17, 15) is 0 Å². The topological polar surface area (TPSA) is 43.6 Å². The molecule has 5 nitrogen and oxygen atoms in total. The molecule has 0 spiro atoms. The Hall–Kier alpha value is -1.20. The maximum Gasteiger partial charge on any atom is 0.258 e. The van der Waals surface area contributed by atoms with Crippen LogP contribution in [0.5, 0.6) is 0 Å². The van der Waals surface area contributed by atoms with Crippen LogP contribution in [0, 0.1) is 0 Å². The van der Waals surface area contributed by atoms with E-state index in [0.717, 1.165) is 17.0 Å². The average molecular weight is 296 g/mol. The molecule has 0 amide bonds. The van der Waals surface area contributed by atoms with Crippen LogP contribution in [0.25, 0.3) is 11.2 Å². The summed E-state index contributed by atoms with van der Waals surface area (Å²) in [6.07, 6.45) is 10.1. The zero-order valence-corrected chi connectivity index (χ0v) is 13.1. The first-order chi connectivity index (χ1) is 9.07. The number of fused-ring (bicyclic) bond motifs is 1. The van der Waals surface area contributed by atoms with Crippen molar-refractivity contribution in [1.29, 1.82) is 0 Å². The Kier molecular flexibility index (Phi) is 4.30. The van der Waals surface area contributed by atoms with Crippen molar-refractivity contribution >= 4 is 17.0 Å². The smallest absolute Gasteiger partial charge is 0.258 e. The van der Waals surface area contributed by atoms with Crippen molar-refractivity contribution in [3.63, 3.8) is 0 Å². The van der Waals surface area contributed by atoms with E-state index in [1.54, 1.807) is 6.33 Å². The van der Waals surface area contributed by atoms with Gasteiger partial charge in [0, 0.05) is 6.04 Å². The molecule has 1 aliphatic carbocycles. The second kappa shape index (κ2) is 5.66. The van der Waals surface area contributed by atoms with Crippen LogP contribution >= 0.6 is 0 Å². The maximum atomic E-state index is 4.58. The monoisotopic (exact) mass is 295 g/mol. The summed E-state index contributed by atoms with van der Waals surface area (Å²) < 4.78 is 2.93. The number of hydrogen-bond acceptors (Lipinski definition) is 3. The molecule has 6 heteroatoms. The fourth-order valence-corrected chi connectivity index (χ4v) is 2.96. The fourth-order valence-electron chi connectivity index (χ4n) is 2.96. The third-order valence-electron chi connectivity index (χ3n) is 3.94. The highest BCUT2D eigenvalue weighted by Gasteiger charge is 2.24. The lowest BCUT2D eigenvalue weighted by Gasteiger charge is -2.24. The van der Waals surface area contributed by atoms with Gasteiger partial charge in [0.1, 0.15) is 6.33 Å². The third kappa shape index (κ3) is 2.65. The second-order valence-corrected chi connectivity index (χ2v) is 6.33. The van der Waals surface area contributed by atoms with E-state index < -0.39 is 0 Å². The Morgan fingerprint density at radius 2 is 1.75 bits per heavy atom. The van der Waals surface area contributed by atoms with E-state index >= 15 is 0 Å². The number of hydrogen-bond donors (Lipinski definition) is 0. The number of halogens is 1. The molecule has 0 radical (unpaired) electrons. The number of rotatable bonds is 2. The maximum absolute atomic E-state index is 4.58. The molecule has 2 aromatic rings. The lowest BCUT2D eigenvalue weighted by molar-refractivity contribution is -0.00000447. The first kappa shape index (κ1) is 15.2. The van der Waals surface area contributed by atoms with Crippen LogP contribution in [-0.4, -0.2) is 40.7 Å². The molecule has 0 aromatic carbocycles. The van der Waals surface area contributed by atoms with E-state index in [1.807, 2.05) is 6.33 Å². The summed E-state index contributed by atoms with van der Waals surface area (Å²) in [5.74, 6) is 0.986. The largest absolute Gasteiger partial charge is 1.00 e. The minimum absolute atomic E-state index is 0. The number of nitrogens with zero attached hydrogens (tertiary/aromatic N) is 5. The van der Waals surface area contributed by atoms with Crippen LogP contribution < -0.4 is 16.9 Å². The normalized spacial score (nSPS) is 17.1. The second-order valence-electron chi connectivity index (χ2n) is 6.33. The van der Waals surface area contributed by atoms with Gasteiger partial charge in [-0.25, -0.2) is 9.97 Å². The molecule has 1 aliphatic rings. The summed E-state index contributed by atoms with van der Waals surface area (Å²) in [7, 11) is 6.34. The van der Waals surface area contributed by atoms with Gasteiger partial charge in [-0.2, -0.15) is 4.98 Å². The van der Waals surface area contributed by atoms with Gasteiger partial charge in [0.25, 0.3) is 5.82 Å². The molecule has 1 fully saturated rings. The van der Waals surface area contributed by atoms with E-state index in [4.69, 9.17) is 0 Å². The lowest BCUT2D eigenvalue weighted by Crippen LogP contribution is -3.00. The van der Waals surface area contributed by atoms with Crippen molar-refractivity contribution < 1.29 is 12.4 Å². The summed E-state index contributed by atoms with van der Waals surface area (Å²) in [6.45, 7) is 0. The van der Waals surface area contributed by atoms with Gasteiger partial charge in [0.15, 0.2) is 11.2 Å². The van der Waals surface area contributed by atoms with Crippen molar-refractivity contribution in [3.05, 3.63) is 12.7 Å². The Morgan fingerprint density at radius 3 is 2.40 bits per heavy atom. The lowest BCUT2D eigenvalue weighted by atomic mass is 9.95. The van der Waals surface area contributed by atoms with Gasteiger partial charge in [-0.05, 0) is 12.8 Å². The fraction of sp³-hybridized carbons (Fsp3) is 0.643. The van der Waals surface area contributed by atoms with Crippen molar-refractivity contribution in [2.75, 3.05) is 21.1 Å². The molecule has 0 saturated heterocycles. The van der Waals surface area contributed by atoms with Gasteiger partial charge in [-0.3, -0.25) is 4.48 Å². The van der Waals surface area contributed by atoms with Gasteiger partial charge in [-0.15, -0.1) is 0 Å². The molecular weight excluding hydrogens is 274 g/mol. The third-order valence-corrected chi connectivity index (χ3v) is 3.94. The molecule has 0 N–H and O–H groups in total. The SMILES string of the molecule is C[N+](C)(C)c1ncnc2c1ncn2C1CCCCC1.[Cl-]. The van der Waals surface area contributed by atoms with Crippen LogP contribution in [0.15, 0.2) is 12.7 Å². The number of imidazole rings is 1. The Bertz CT molecular complexity index is 581. The highest BCUT2D eigenvalue weighted by Crippen LogP contribution is 2.32. The predicted octanol–water partition coefficient (Wildman–Crippen LogP) is -0.468. The number of quaternary nitrogens is 1. The molecule has 20 heavy (non-hydrogen) atoms. The highest BCUT2D eigenvalue weighted by molar-refractivity contribution is 5.81. The van der Waals surface area contributed by atoms with E-state index in [2.05, 4.69) is 40.7 Å². The highest BCUT2D eigenvalue weighted by atomic mass is 35.5. The summed E-state index contributed by atoms with van der Waals surface area (Å²) in [6, 6.07) is 0.564. The minimum atomic E-state index is 0. The predicted molar refractivity (Wildman–Crippen MR) is 77.0 cm³/mol. The molecule has 2 heterocycles. The minimum Gasteiger partial charge on any atom is -1.00 e.